The molecule has 1 heteroatoms. The van der Waals surface area contributed by atoms with E-state index in [1.165, 1.54) is 16.5 Å². The van der Waals surface area contributed by atoms with Crippen LogP contribution in [0.15, 0.2) is 24.3 Å². The van der Waals surface area contributed by atoms with Crippen molar-refractivity contribution in [3.05, 3.63) is 41.1 Å². The highest BCUT2D eigenvalue weighted by Crippen LogP contribution is 2.19. The molecule has 0 saturated carbocycles. The fourth-order valence-corrected chi connectivity index (χ4v) is 1.74. The third kappa shape index (κ3) is 1.39. The molecule has 1 nitrogen and oxygen atoms in total. The van der Waals surface area contributed by atoms with Crippen LogP contribution in [0.5, 0.6) is 0 Å². The molecular formula is C13H15N. The minimum Gasteiger partial charge on any atom is -0.253 e. The zero-order valence-electron chi connectivity index (χ0n) is 8.96. The molecule has 2 aromatic rings. The summed E-state index contributed by atoms with van der Waals surface area (Å²) < 4.78 is 0. The summed E-state index contributed by atoms with van der Waals surface area (Å²) in [6, 6.07) is 8.62. The Hall–Kier alpha value is -1.37. The number of para-hydroxylation sites is 1. The summed E-state index contributed by atoms with van der Waals surface area (Å²) in [7, 11) is 0. The maximum Gasteiger partial charge on any atom is 0.0737 e. The number of fused-ring (bicyclic) bond motifs is 1. The second-order valence-electron chi connectivity index (χ2n) is 3.73. The Morgan fingerprint density at radius 3 is 2.71 bits per heavy atom. The van der Waals surface area contributed by atoms with Crippen molar-refractivity contribution in [1.29, 1.82) is 0 Å². The summed E-state index contributed by atoms with van der Waals surface area (Å²) in [6.07, 6.45) is 1.05. The van der Waals surface area contributed by atoms with Gasteiger partial charge in [0.15, 0.2) is 0 Å². The van der Waals surface area contributed by atoms with Gasteiger partial charge in [-0.1, -0.05) is 25.1 Å². The van der Waals surface area contributed by atoms with Gasteiger partial charge in [-0.05, 0) is 37.5 Å². The van der Waals surface area contributed by atoms with Gasteiger partial charge in [0.1, 0.15) is 0 Å². The molecule has 1 heterocycles. The van der Waals surface area contributed by atoms with E-state index in [1.54, 1.807) is 0 Å². The minimum absolute atomic E-state index is 1.05. The van der Waals surface area contributed by atoms with E-state index in [1.807, 2.05) is 0 Å². The van der Waals surface area contributed by atoms with Gasteiger partial charge in [-0.25, -0.2) is 0 Å². The third-order valence-electron chi connectivity index (χ3n) is 2.75. The number of benzene rings is 1. The molecule has 0 fully saturated rings. The molecule has 0 aliphatic carbocycles. The largest absolute Gasteiger partial charge is 0.253 e. The third-order valence-corrected chi connectivity index (χ3v) is 2.75. The van der Waals surface area contributed by atoms with Crippen LogP contribution in [0.3, 0.4) is 0 Å². The van der Waals surface area contributed by atoms with Crippen molar-refractivity contribution in [2.45, 2.75) is 27.2 Å². The van der Waals surface area contributed by atoms with Crippen LogP contribution in [-0.2, 0) is 6.42 Å². The smallest absolute Gasteiger partial charge is 0.0737 e. The first-order valence-electron chi connectivity index (χ1n) is 5.08. The average molecular weight is 185 g/mol. The number of hydrogen-bond acceptors (Lipinski definition) is 1. The lowest BCUT2D eigenvalue weighted by Crippen LogP contribution is -1.92. The summed E-state index contributed by atoms with van der Waals surface area (Å²) in [6.45, 7) is 6.35. The van der Waals surface area contributed by atoms with E-state index in [0.717, 1.165) is 17.6 Å². The monoisotopic (exact) mass is 185 g/mol. The second kappa shape index (κ2) is 3.41. The van der Waals surface area contributed by atoms with Crippen LogP contribution in [-0.4, -0.2) is 4.98 Å². The van der Waals surface area contributed by atoms with Gasteiger partial charge in [-0.15, -0.1) is 0 Å². The lowest BCUT2D eigenvalue weighted by atomic mass is 10.1. The Balaban J connectivity index is 2.81. The molecule has 0 N–H and O–H groups in total. The fourth-order valence-electron chi connectivity index (χ4n) is 1.74. The molecule has 0 aliphatic heterocycles. The van der Waals surface area contributed by atoms with E-state index in [2.05, 4.69) is 50.0 Å². The highest BCUT2D eigenvalue weighted by atomic mass is 14.7. The van der Waals surface area contributed by atoms with Gasteiger partial charge in [-0.2, -0.15) is 0 Å². The predicted molar refractivity (Wildman–Crippen MR) is 60.6 cm³/mol. The standard InChI is InChI=1S/C13H15N/c1-4-11-6-5-7-12-8-9(2)10(3)14-13(11)12/h5-8H,4H2,1-3H3. The topological polar surface area (TPSA) is 12.9 Å². The first kappa shape index (κ1) is 9.20. The van der Waals surface area contributed by atoms with Crippen molar-refractivity contribution in [1.82, 2.24) is 4.98 Å². The van der Waals surface area contributed by atoms with Crippen LogP contribution in [0.25, 0.3) is 10.9 Å². The lowest BCUT2D eigenvalue weighted by molar-refractivity contribution is 1.12. The van der Waals surface area contributed by atoms with E-state index in [9.17, 15) is 0 Å². The van der Waals surface area contributed by atoms with E-state index in [0.29, 0.717) is 0 Å². The molecule has 14 heavy (non-hydrogen) atoms. The number of nitrogens with zero attached hydrogens (tertiary/aromatic N) is 1. The molecule has 0 amide bonds. The van der Waals surface area contributed by atoms with Crippen LogP contribution in [0.1, 0.15) is 23.7 Å². The Morgan fingerprint density at radius 2 is 2.00 bits per heavy atom. The number of aromatic nitrogens is 1. The normalized spacial score (nSPS) is 10.8. The Labute approximate surface area is 84.8 Å². The van der Waals surface area contributed by atoms with Crippen molar-refractivity contribution in [3.8, 4) is 0 Å². The first-order chi connectivity index (χ1) is 6.72. The van der Waals surface area contributed by atoms with Gasteiger partial charge in [0.25, 0.3) is 0 Å². The van der Waals surface area contributed by atoms with Gasteiger partial charge in [0, 0.05) is 11.1 Å². The summed E-state index contributed by atoms with van der Waals surface area (Å²) in [5.41, 5.74) is 4.91. The highest BCUT2D eigenvalue weighted by Gasteiger charge is 2.02. The van der Waals surface area contributed by atoms with E-state index < -0.39 is 0 Å². The highest BCUT2D eigenvalue weighted by molar-refractivity contribution is 5.82. The van der Waals surface area contributed by atoms with Crippen molar-refractivity contribution in [2.75, 3.05) is 0 Å². The van der Waals surface area contributed by atoms with Crippen LogP contribution in [0, 0.1) is 13.8 Å². The average Bonchev–Trinajstić information content (AvgIpc) is 2.19. The van der Waals surface area contributed by atoms with Crippen molar-refractivity contribution in [2.24, 2.45) is 0 Å². The summed E-state index contributed by atoms with van der Waals surface area (Å²) in [5, 5.41) is 1.26. The Kier molecular flexibility index (Phi) is 2.24. The molecule has 0 atom stereocenters. The van der Waals surface area contributed by atoms with Gasteiger partial charge in [-0.3, -0.25) is 4.98 Å². The van der Waals surface area contributed by atoms with Gasteiger partial charge in [0.2, 0.25) is 0 Å². The number of rotatable bonds is 1. The Bertz CT molecular complexity index is 472. The molecular weight excluding hydrogens is 170 g/mol. The molecule has 1 aromatic carbocycles. The lowest BCUT2D eigenvalue weighted by Gasteiger charge is -2.06. The SMILES string of the molecule is CCc1cccc2cc(C)c(C)nc12. The quantitative estimate of drug-likeness (QED) is 0.663. The molecule has 0 unspecified atom stereocenters. The Morgan fingerprint density at radius 1 is 1.21 bits per heavy atom. The molecule has 0 radical (unpaired) electrons. The van der Waals surface area contributed by atoms with Gasteiger partial charge < -0.3 is 0 Å². The summed E-state index contributed by atoms with van der Waals surface area (Å²) in [5.74, 6) is 0. The van der Waals surface area contributed by atoms with E-state index in [4.69, 9.17) is 0 Å². The van der Waals surface area contributed by atoms with Crippen molar-refractivity contribution >= 4 is 10.9 Å². The molecule has 0 saturated heterocycles. The maximum atomic E-state index is 4.65. The molecule has 1 aromatic heterocycles. The number of aryl methyl sites for hydroxylation is 3. The van der Waals surface area contributed by atoms with Crippen LogP contribution in [0.4, 0.5) is 0 Å². The number of hydrogen-bond donors (Lipinski definition) is 0. The fraction of sp³-hybridized carbons (Fsp3) is 0.308. The van der Waals surface area contributed by atoms with Crippen molar-refractivity contribution < 1.29 is 0 Å². The van der Waals surface area contributed by atoms with Gasteiger partial charge in [0.05, 0.1) is 5.52 Å². The van der Waals surface area contributed by atoms with Crippen LogP contribution < -0.4 is 0 Å². The molecule has 72 valence electrons. The molecule has 0 spiro atoms. The van der Waals surface area contributed by atoms with Crippen LogP contribution >= 0.6 is 0 Å². The summed E-state index contributed by atoms with van der Waals surface area (Å²) in [4.78, 5) is 4.65. The van der Waals surface area contributed by atoms with Crippen LogP contribution in [0.2, 0.25) is 0 Å². The summed E-state index contributed by atoms with van der Waals surface area (Å²) >= 11 is 0. The van der Waals surface area contributed by atoms with Crippen molar-refractivity contribution in [3.63, 3.8) is 0 Å². The molecule has 0 bridgehead atoms. The van der Waals surface area contributed by atoms with E-state index >= 15 is 0 Å². The zero-order valence-corrected chi connectivity index (χ0v) is 8.96. The zero-order chi connectivity index (χ0) is 10.1. The predicted octanol–water partition coefficient (Wildman–Crippen LogP) is 3.41. The first-order valence-corrected chi connectivity index (χ1v) is 5.08. The minimum atomic E-state index is 1.05. The maximum absolute atomic E-state index is 4.65. The molecule has 2 rings (SSSR count). The second-order valence-corrected chi connectivity index (χ2v) is 3.73. The van der Waals surface area contributed by atoms with Gasteiger partial charge >= 0.3 is 0 Å². The van der Waals surface area contributed by atoms with E-state index in [-0.39, 0.29) is 0 Å². The number of pyridine rings is 1. The molecule has 0 aliphatic rings.